The molecule has 1 aromatic carbocycles. The highest BCUT2D eigenvalue weighted by atomic mass is 16.2. The molecule has 0 aliphatic heterocycles. The van der Waals surface area contributed by atoms with E-state index >= 15 is 0 Å². The summed E-state index contributed by atoms with van der Waals surface area (Å²) in [6.45, 7) is 12.0. The molecule has 5 heteroatoms. The van der Waals surface area contributed by atoms with E-state index in [1.165, 1.54) is 10.6 Å². The average Bonchev–Trinajstić information content (AvgIpc) is 2.66. The van der Waals surface area contributed by atoms with E-state index in [1.807, 2.05) is 58.9 Å². The molecule has 154 valence electrons. The number of hydrogen-bond acceptors (Lipinski definition) is 3. The van der Waals surface area contributed by atoms with Crippen LogP contribution >= 0.6 is 0 Å². The van der Waals surface area contributed by atoms with Crippen molar-refractivity contribution in [2.45, 2.75) is 79.8 Å². The lowest BCUT2D eigenvalue weighted by molar-refractivity contribution is -0.122. The van der Waals surface area contributed by atoms with Crippen molar-refractivity contribution in [2.75, 3.05) is 0 Å². The summed E-state index contributed by atoms with van der Waals surface area (Å²) < 4.78 is 1.51. The third-order valence-electron chi connectivity index (χ3n) is 4.19. The van der Waals surface area contributed by atoms with Gasteiger partial charge in [0, 0.05) is 24.1 Å². The molecule has 0 saturated heterocycles. The second-order valence-corrected chi connectivity index (χ2v) is 7.03. The maximum Gasteiger partial charge on any atom is 0.254 e. The summed E-state index contributed by atoms with van der Waals surface area (Å²) in [5, 5.41) is 2.84. The predicted octanol–water partition coefficient (Wildman–Crippen LogP) is 4.50. The molecule has 0 saturated carbocycles. The molecule has 1 amide bonds. The number of benzene rings is 1. The molecule has 1 heterocycles. The van der Waals surface area contributed by atoms with E-state index in [0.29, 0.717) is 17.9 Å². The molecule has 0 aliphatic carbocycles. The first-order valence-electron chi connectivity index (χ1n) is 10.4. The largest absolute Gasteiger partial charge is 0.352 e. The van der Waals surface area contributed by atoms with Crippen molar-refractivity contribution < 1.29 is 4.79 Å². The van der Waals surface area contributed by atoms with Gasteiger partial charge in [0.05, 0.1) is 5.69 Å². The lowest BCUT2D eigenvalue weighted by Crippen LogP contribution is -2.37. The van der Waals surface area contributed by atoms with Gasteiger partial charge < -0.3 is 5.32 Å². The highest BCUT2D eigenvalue weighted by Gasteiger charge is 2.13. The van der Waals surface area contributed by atoms with Gasteiger partial charge in [-0.25, -0.2) is 4.98 Å². The fraction of sp³-hybridized carbons (Fsp3) is 0.522. The van der Waals surface area contributed by atoms with Gasteiger partial charge in [-0.05, 0) is 27.2 Å². The third-order valence-corrected chi connectivity index (χ3v) is 4.19. The number of rotatable bonds is 8. The van der Waals surface area contributed by atoms with Gasteiger partial charge in [0.25, 0.3) is 5.56 Å². The molecule has 0 fully saturated rings. The van der Waals surface area contributed by atoms with Crippen molar-refractivity contribution in [1.29, 1.82) is 0 Å². The van der Waals surface area contributed by atoms with Crippen molar-refractivity contribution in [1.82, 2.24) is 14.9 Å². The maximum atomic E-state index is 12.7. The standard InChI is InChI=1S/C21H29N3O2.C2H6/c1-5-6-7-8-19-23-18(17-11-9-16(4)10-12-17)13-21(26)24(19)14-20(25)22-15(2)3;1-2/h9-13,15H,5-8,14H2,1-4H3,(H,22,25);1-2H3. The highest BCUT2D eigenvalue weighted by molar-refractivity contribution is 5.76. The van der Waals surface area contributed by atoms with Crippen molar-refractivity contribution >= 4 is 5.91 Å². The number of unbranched alkanes of at least 4 members (excludes halogenated alkanes) is 2. The van der Waals surface area contributed by atoms with Crippen LogP contribution < -0.4 is 10.9 Å². The topological polar surface area (TPSA) is 64.0 Å². The molecule has 0 spiro atoms. The van der Waals surface area contributed by atoms with Gasteiger partial charge in [0.1, 0.15) is 12.4 Å². The zero-order valence-corrected chi connectivity index (χ0v) is 18.2. The lowest BCUT2D eigenvalue weighted by atomic mass is 10.1. The molecule has 0 bridgehead atoms. The minimum absolute atomic E-state index is 0.0135. The van der Waals surface area contributed by atoms with Gasteiger partial charge >= 0.3 is 0 Å². The van der Waals surface area contributed by atoms with Crippen molar-refractivity contribution in [2.24, 2.45) is 0 Å². The minimum Gasteiger partial charge on any atom is -0.352 e. The van der Waals surface area contributed by atoms with Crippen LogP contribution in [-0.2, 0) is 17.8 Å². The number of hydrogen-bond donors (Lipinski definition) is 1. The zero-order valence-electron chi connectivity index (χ0n) is 18.2. The number of aromatic nitrogens is 2. The van der Waals surface area contributed by atoms with E-state index < -0.39 is 0 Å². The predicted molar refractivity (Wildman–Crippen MR) is 117 cm³/mol. The van der Waals surface area contributed by atoms with Crippen molar-refractivity contribution in [3.05, 3.63) is 52.1 Å². The van der Waals surface area contributed by atoms with Crippen LogP contribution in [-0.4, -0.2) is 21.5 Å². The molecule has 0 unspecified atom stereocenters. The smallest absolute Gasteiger partial charge is 0.254 e. The molecule has 2 rings (SSSR count). The SMILES string of the molecule is CC.CCCCCc1nc(-c2ccc(C)cc2)cc(=O)n1CC(=O)NC(C)C. The fourth-order valence-corrected chi connectivity index (χ4v) is 2.83. The third kappa shape index (κ3) is 7.29. The second kappa shape index (κ2) is 12.1. The molecule has 0 atom stereocenters. The number of aryl methyl sites for hydroxylation is 2. The monoisotopic (exact) mass is 385 g/mol. The van der Waals surface area contributed by atoms with E-state index in [0.717, 1.165) is 30.4 Å². The number of carbonyl (C=O) groups excluding carboxylic acids is 1. The molecule has 0 aliphatic rings. The Morgan fingerprint density at radius 3 is 2.36 bits per heavy atom. The van der Waals surface area contributed by atoms with E-state index in [9.17, 15) is 9.59 Å². The first kappa shape index (κ1) is 23.6. The van der Waals surface area contributed by atoms with E-state index in [2.05, 4.69) is 12.2 Å². The molecular weight excluding hydrogens is 350 g/mol. The van der Waals surface area contributed by atoms with Crippen molar-refractivity contribution in [3.8, 4) is 11.3 Å². The molecule has 28 heavy (non-hydrogen) atoms. The van der Waals surface area contributed by atoms with Crippen LogP contribution in [0.1, 0.15) is 65.3 Å². The number of nitrogens with zero attached hydrogens (tertiary/aromatic N) is 2. The molecule has 5 nitrogen and oxygen atoms in total. The van der Waals surface area contributed by atoms with Gasteiger partial charge in [0.15, 0.2) is 0 Å². The van der Waals surface area contributed by atoms with Crippen LogP contribution in [0, 0.1) is 6.92 Å². The van der Waals surface area contributed by atoms with E-state index in [-0.39, 0.29) is 24.1 Å². The summed E-state index contributed by atoms with van der Waals surface area (Å²) in [6.07, 6.45) is 3.81. The van der Waals surface area contributed by atoms with E-state index in [1.54, 1.807) is 0 Å². The molecule has 2 aromatic rings. The normalized spacial score (nSPS) is 10.4. The Morgan fingerprint density at radius 1 is 1.14 bits per heavy atom. The summed E-state index contributed by atoms with van der Waals surface area (Å²) in [5.41, 5.74) is 2.57. The van der Waals surface area contributed by atoms with Crippen LogP contribution in [0.5, 0.6) is 0 Å². The summed E-state index contributed by atoms with van der Waals surface area (Å²) in [5.74, 6) is 0.518. The van der Waals surface area contributed by atoms with Crippen LogP contribution in [0.4, 0.5) is 0 Å². The van der Waals surface area contributed by atoms with Gasteiger partial charge in [-0.2, -0.15) is 0 Å². The number of nitrogens with one attached hydrogen (secondary N) is 1. The lowest BCUT2D eigenvalue weighted by Gasteiger charge is -2.15. The zero-order chi connectivity index (χ0) is 21.1. The van der Waals surface area contributed by atoms with Crippen molar-refractivity contribution in [3.63, 3.8) is 0 Å². The first-order chi connectivity index (χ1) is 13.4. The van der Waals surface area contributed by atoms with E-state index in [4.69, 9.17) is 4.98 Å². The fourth-order valence-electron chi connectivity index (χ4n) is 2.83. The van der Waals surface area contributed by atoms with Crippen LogP contribution in [0.3, 0.4) is 0 Å². The molecule has 1 aromatic heterocycles. The Bertz CT molecular complexity index is 792. The summed E-state index contributed by atoms with van der Waals surface area (Å²) in [4.78, 5) is 29.6. The summed E-state index contributed by atoms with van der Waals surface area (Å²) in [6, 6.07) is 9.54. The van der Waals surface area contributed by atoms with Crippen LogP contribution in [0.15, 0.2) is 35.1 Å². The molecular formula is C23H35N3O2. The summed E-state index contributed by atoms with van der Waals surface area (Å²) >= 11 is 0. The first-order valence-corrected chi connectivity index (χ1v) is 10.4. The Labute approximate surface area is 169 Å². The maximum absolute atomic E-state index is 12.7. The van der Waals surface area contributed by atoms with Gasteiger partial charge in [0.2, 0.25) is 5.91 Å². The average molecular weight is 386 g/mol. The quantitative estimate of drug-likeness (QED) is 0.680. The number of carbonyl (C=O) groups is 1. The Balaban J connectivity index is 0.00000190. The van der Waals surface area contributed by atoms with Gasteiger partial charge in [-0.15, -0.1) is 0 Å². The van der Waals surface area contributed by atoms with Crippen LogP contribution in [0.2, 0.25) is 0 Å². The Kier molecular flexibility index (Phi) is 10.2. The number of amides is 1. The Hall–Kier alpha value is -2.43. The second-order valence-electron chi connectivity index (χ2n) is 7.03. The highest BCUT2D eigenvalue weighted by Crippen LogP contribution is 2.17. The molecule has 0 radical (unpaired) electrons. The molecule has 1 N–H and O–H groups in total. The van der Waals surface area contributed by atoms with Gasteiger partial charge in [-0.3, -0.25) is 14.2 Å². The summed E-state index contributed by atoms with van der Waals surface area (Å²) in [7, 11) is 0. The Morgan fingerprint density at radius 2 is 1.79 bits per heavy atom. The van der Waals surface area contributed by atoms with Gasteiger partial charge in [-0.1, -0.05) is 63.4 Å². The minimum atomic E-state index is -0.180. The van der Waals surface area contributed by atoms with Crippen LogP contribution in [0.25, 0.3) is 11.3 Å².